The molecule has 0 aliphatic heterocycles. The predicted octanol–water partition coefficient (Wildman–Crippen LogP) is 2.52. The van der Waals surface area contributed by atoms with E-state index in [-0.39, 0.29) is 6.61 Å². The minimum absolute atomic E-state index is 0.00582. The number of hydrogen-bond donors (Lipinski definition) is 1. The van der Waals surface area contributed by atoms with Crippen molar-refractivity contribution >= 4 is 19.7 Å². The average Bonchev–Trinajstić information content (AvgIpc) is 2.66. The van der Waals surface area contributed by atoms with Gasteiger partial charge in [-0.2, -0.15) is 0 Å². The Labute approximate surface area is 95.2 Å². The van der Waals surface area contributed by atoms with E-state index in [1.165, 1.54) is 11.3 Å². The average molecular weight is 249 g/mol. The van der Waals surface area contributed by atoms with Crippen molar-refractivity contribution in [2.45, 2.75) is 26.6 Å². The lowest BCUT2D eigenvalue weighted by Crippen LogP contribution is -1.94. The summed E-state index contributed by atoms with van der Waals surface area (Å²) in [5.41, 5.74) is 0.942. The van der Waals surface area contributed by atoms with Crippen LogP contribution in [0.3, 0.4) is 0 Å². The first-order chi connectivity index (χ1) is 7.30. The summed E-state index contributed by atoms with van der Waals surface area (Å²) in [6, 6.07) is 0. The van der Waals surface area contributed by atoms with E-state index in [1.807, 2.05) is 19.2 Å². The molecule has 1 N–H and O–H groups in total. The second-order valence-electron chi connectivity index (χ2n) is 2.72. The third-order valence-corrected chi connectivity index (χ3v) is 4.13. The number of thiazole rings is 1. The Bertz CT molecular complexity index is 276. The zero-order valence-electron chi connectivity index (χ0n) is 8.97. The van der Waals surface area contributed by atoms with Crippen LogP contribution in [-0.2, 0) is 21.8 Å². The van der Waals surface area contributed by atoms with E-state index < -0.39 is 8.38 Å². The summed E-state index contributed by atoms with van der Waals surface area (Å²) in [6.07, 6.45) is 0.702. The number of rotatable bonds is 7. The van der Waals surface area contributed by atoms with Crippen molar-refractivity contribution < 1.29 is 14.2 Å². The van der Waals surface area contributed by atoms with Crippen LogP contribution >= 0.6 is 19.7 Å². The van der Waals surface area contributed by atoms with Gasteiger partial charge in [0.2, 0.25) is 0 Å². The second kappa shape index (κ2) is 7.25. The topological polar surface area (TPSA) is 51.6 Å². The van der Waals surface area contributed by atoms with Gasteiger partial charge in [-0.25, -0.2) is 4.98 Å². The van der Waals surface area contributed by atoms with Gasteiger partial charge in [-0.05, 0) is 13.8 Å². The summed E-state index contributed by atoms with van der Waals surface area (Å²) in [5.74, 6) is 0. The molecule has 0 amide bonds. The van der Waals surface area contributed by atoms with Crippen LogP contribution in [0.25, 0.3) is 0 Å². The molecule has 0 saturated carbocycles. The molecule has 1 rings (SSSR count). The highest BCUT2D eigenvalue weighted by atomic mass is 32.1. The van der Waals surface area contributed by atoms with Crippen molar-refractivity contribution in [1.82, 2.24) is 4.98 Å². The Morgan fingerprint density at radius 1 is 1.40 bits per heavy atom. The first-order valence-corrected chi connectivity index (χ1v) is 7.11. The highest BCUT2D eigenvalue weighted by Gasteiger charge is 2.12. The molecule has 1 aromatic heterocycles. The van der Waals surface area contributed by atoms with Crippen LogP contribution in [0.2, 0.25) is 0 Å². The molecule has 0 aliphatic carbocycles. The van der Waals surface area contributed by atoms with Crippen LogP contribution in [0, 0.1) is 0 Å². The molecule has 0 radical (unpaired) electrons. The smallest absolute Gasteiger partial charge is 0.176 e. The van der Waals surface area contributed by atoms with Gasteiger partial charge in [0.15, 0.2) is 8.38 Å². The van der Waals surface area contributed by atoms with Crippen molar-refractivity contribution in [3.05, 3.63) is 16.1 Å². The number of aliphatic hydroxyl groups is 1. The van der Waals surface area contributed by atoms with Gasteiger partial charge >= 0.3 is 0 Å². The lowest BCUT2D eigenvalue weighted by molar-refractivity contribution is 0.268. The van der Waals surface area contributed by atoms with Gasteiger partial charge in [-0.1, -0.05) is 0 Å². The Morgan fingerprint density at radius 3 is 2.53 bits per heavy atom. The van der Waals surface area contributed by atoms with Gasteiger partial charge in [0.05, 0.1) is 31.7 Å². The normalized spacial score (nSPS) is 11.2. The van der Waals surface area contributed by atoms with E-state index in [4.69, 9.17) is 14.2 Å². The number of nitrogens with zero attached hydrogens (tertiary/aromatic N) is 1. The summed E-state index contributed by atoms with van der Waals surface area (Å²) < 4.78 is 10.9. The Balaban J connectivity index is 2.48. The quantitative estimate of drug-likeness (QED) is 0.754. The van der Waals surface area contributed by atoms with Gasteiger partial charge in [0.1, 0.15) is 5.01 Å². The predicted molar refractivity (Wildman–Crippen MR) is 61.9 cm³/mol. The first kappa shape index (κ1) is 13.0. The molecule has 0 fully saturated rings. The summed E-state index contributed by atoms with van der Waals surface area (Å²) in [4.78, 5) is 4.26. The molecule has 1 heterocycles. The zero-order valence-corrected chi connectivity index (χ0v) is 10.7. The molecule has 1 aromatic rings. The molecule has 0 unspecified atom stereocenters. The van der Waals surface area contributed by atoms with Crippen LogP contribution in [0.1, 0.15) is 24.5 Å². The summed E-state index contributed by atoms with van der Waals surface area (Å²) in [7, 11) is -0.866. The van der Waals surface area contributed by atoms with Gasteiger partial charge < -0.3 is 14.2 Å². The lowest BCUT2D eigenvalue weighted by atomic mass is 10.6. The minimum atomic E-state index is -0.866. The van der Waals surface area contributed by atoms with Crippen LogP contribution in [0.4, 0.5) is 0 Å². The molecule has 0 aromatic carbocycles. The molecular weight excluding hydrogens is 233 g/mol. The molecule has 0 saturated heterocycles. The van der Waals surface area contributed by atoms with E-state index in [0.717, 1.165) is 10.7 Å². The van der Waals surface area contributed by atoms with E-state index >= 15 is 0 Å². The highest BCUT2D eigenvalue weighted by Crippen LogP contribution is 2.41. The summed E-state index contributed by atoms with van der Waals surface area (Å²) in [5, 5.41) is 11.6. The van der Waals surface area contributed by atoms with Crippen LogP contribution < -0.4 is 0 Å². The molecule has 0 spiro atoms. The molecular formula is C9H16NO3PS. The van der Waals surface area contributed by atoms with Crippen molar-refractivity contribution in [3.8, 4) is 0 Å². The third-order valence-electron chi connectivity index (χ3n) is 1.57. The molecule has 6 heteroatoms. The van der Waals surface area contributed by atoms with Gasteiger partial charge in [0, 0.05) is 5.38 Å². The van der Waals surface area contributed by atoms with E-state index in [1.54, 1.807) is 0 Å². The first-order valence-electron chi connectivity index (χ1n) is 4.87. The molecule has 0 aliphatic rings. The lowest BCUT2D eigenvalue weighted by Gasteiger charge is -2.13. The van der Waals surface area contributed by atoms with E-state index in [9.17, 15) is 0 Å². The standard InChI is InChI=1S/C9H16NO3PS/c1-3-12-14(13-4-2)6-8-7-15-9(5-11)10-8/h7,11H,3-6H2,1-2H3. The number of aromatic nitrogens is 1. The van der Waals surface area contributed by atoms with Crippen molar-refractivity contribution in [2.24, 2.45) is 0 Å². The van der Waals surface area contributed by atoms with Gasteiger partial charge in [0.25, 0.3) is 0 Å². The van der Waals surface area contributed by atoms with Crippen molar-refractivity contribution in [1.29, 1.82) is 0 Å². The molecule has 86 valence electrons. The fourth-order valence-electron chi connectivity index (χ4n) is 1.04. The molecule has 0 bridgehead atoms. The van der Waals surface area contributed by atoms with E-state index in [0.29, 0.717) is 19.4 Å². The van der Waals surface area contributed by atoms with E-state index in [2.05, 4.69) is 4.98 Å². The van der Waals surface area contributed by atoms with Crippen molar-refractivity contribution in [2.75, 3.05) is 13.2 Å². The Hall–Kier alpha value is -0.0600. The maximum Gasteiger partial charge on any atom is 0.176 e. The SMILES string of the molecule is CCOP(Cc1csc(CO)n1)OCC. The maximum atomic E-state index is 8.88. The Morgan fingerprint density at radius 2 is 2.07 bits per heavy atom. The highest BCUT2D eigenvalue weighted by molar-refractivity contribution is 7.46. The fraction of sp³-hybridized carbons (Fsp3) is 0.667. The van der Waals surface area contributed by atoms with Crippen molar-refractivity contribution in [3.63, 3.8) is 0 Å². The van der Waals surface area contributed by atoms with Crippen LogP contribution in [0.5, 0.6) is 0 Å². The molecule has 0 atom stereocenters. The zero-order chi connectivity index (χ0) is 11.1. The summed E-state index contributed by atoms with van der Waals surface area (Å²) >= 11 is 1.47. The number of aliphatic hydroxyl groups excluding tert-OH is 1. The van der Waals surface area contributed by atoms with Crippen LogP contribution in [-0.4, -0.2) is 23.3 Å². The van der Waals surface area contributed by atoms with Gasteiger partial charge in [-0.3, -0.25) is 0 Å². The fourth-order valence-corrected chi connectivity index (χ4v) is 3.08. The monoisotopic (exact) mass is 249 g/mol. The van der Waals surface area contributed by atoms with Gasteiger partial charge in [-0.15, -0.1) is 11.3 Å². The van der Waals surface area contributed by atoms with Crippen LogP contribution in [0.15, 0.2) is 5.38 Å². The number of hydrogen-bond acceptors (Lipinski definition) is 5. The largest absolute Gasteiger partial charge is 0.389 e. The Kier molecular flexibility index (Phi) is 6.29. The molecule has 4 nitrogen and oxygen atoms in total. The second-order valence-corrected chi connectivity index (χ2v) is 5.16. The minimum Gasteiger partial charge on any atom is -0.389 e. The molecule has 15 heavy (non-hydrogen) atoms. The third kappa shape index (κ3) is 4.53. The maximum absolute atomic E-state index is 8.88. The summed E-state index contributed by atoms with van der Waals surface area (Å²) in [6.45, 7) is 5.22.